The molecule has 136 valence electrons. The van der Waals surface area contributed by atoms with Gasteiger partial charge in [-0.25, -0.2) is 13.4 Å². The van der Waals surface area contributed by atoms with Gasteiger partial charge in [0.25, 0.3) is 5.56 Å². The molecule has 0 atom stereocenters. The van der Waals surface area contributed by atoms with Crippen LogP contribution in [0.25, 0.3) is 16.7 Å². The first-order valence-corrected chi connectivity index (χ1v) is 8.95. The van der Waals surface area contributed by atoms with Crippen LogP contribution in [0.3, 0.4) is 0 Å². The van der Waals surface area contributed by atoms with Gasteiger partial charge in [-0.3, -0.25) is 4.79 Å². The lowest BCUT2D eigenvalue weighted by molar-refractivity contribution is -0.137. The van der Waals surface area contributed by atoms with Crippen LogP contribution in [0.15, 0.2) is 46.2 Å². The standard InChI is InChI=1S/C15H11F3N4O3S/c1-2-26(24,25)12-4-3-7-19-13(12)22-14(23)10-8-9(15(16,17)18)5-6-11(10)20-21-22/h3-8H,2H2,1H3. The van der Waals surface area contributed by atoms with Gasteiger partial charge >= 0.3 is 6.18 Å². The third-order valence-corrected chi connectivity index (χ3v) is 5.40. The van der Waals surface area contributed by atoms with E-state index in [4.69, 9.17) is 0 Å². The van der Waals surface area contributed by atoms with Crippen molar-refractivity contribution >= 4 is 20.7 Å². The number of fused-ring (bicyclic) bond motifs is 1. The molecule has 0 spiro atoms. The smallest absolute Gasteiger partial charge is 0.267 e. The van der Waals surface area contributed by atoms with Crippen LogP contribution in [0.4, 0.5) is 13.2 Å². The van der Waals surface area contributed by atoms with Crippen LogP contribution in [-0.2, 0) is 16.0 Å². The molecule has 11 heteroatoms. The van der Waals surface area contributed by atoms with Gasteiger partial charge in [0.1, 0.15) is 10.4 Å². The third kappa shape index (κ3) is 3.05. The Morgan fingerprint density at radius 3 is 2.58 bits per heavy atom. The molecule has 0 aliphatic heterocycles. The quantitative estimate of drug-likeness (QED) is 0.685. The van der Waals surface area contributed by atoms with Crippen molar-refractivity contribution in [3.05, 3.63) is 52.4 Å². The SMILES string of the molecule is CCS(=O)(=O)c1cccnc1-n1nnc2ccc(C(F)(F)F)cc2c1=O. The molecule has 3 rings (SSSR count). The number of alkyl halides is 3. The molecule has 0 fully saturated rings. The second-order valence-electron chi connectivity index (χ2n) is 5.26. The van der Waals surface area contributed by atoms with E-state index in [1.165, 1.54) is 25.3 Å². The summed E-state index contributed by atoms with van der Waals surface area (Å²) in [6, 6.07) is 5.08. The minimum atomic E-state index is -4.64. The Balaban J connectivity index is 2.32. The Hall–Kier alpha value is -2.82. The second-order valence-corrected chi connectivity index (χ2v) is 7.51. The van der Waals surface area contributed by atoms with E-state index >= 15 is 0 Å². The van der Waals surface area contributed by atoms with Gasteiger partial charge in [0, 0.05) is 6.20 Å². The molecule has 26 heavy (non-hydrogen) atoms. The molecule has 3 aromatic rings. The van der Waals surface area contributed by atoms with E-state index in [1.807, 2.05) is 0 Å². The Morgan fingerprint density at radius 2 is 1.92 bits per heavy atom. The molecule has 0 saturated heterocycles. The number of sulfone groups is 1. The third-order valence-electron chi connectivity index (χ3n) is 3.66. The van der Waals surface area contributed by atoms with E-state index in [0.29, 0.717) is 10.7 Å². The van der Waals surface area contributed by atoms with Crippen LogP contribution in [0.2, 0.25) is 0 Å². The predicted molar refractivity (Wildman–Crippen MR) is 85.7 cm³/mol. The van der Waals surface area contributed by atoms with E-state index in [2.05, 4.69) is 15.3 Å². The lowest BCUT2D eigenvalue weighted by atomic mass is 10.1. The molecular formula is C15H11F3N4O3S. The highest BCUT2D eigenvalue weighted by molar-refractivity contribution is 7.91. The van der Waals surface area contributed by atoms with Crippen LogP contribution < -0.4 is 5.56 Å². The summed E-state index contributed by atoms with van der Waals surface area (Å²) in [5, 5.41) is 6.98. The molecule has 0 amide bonds. The van der Waals surface area contributed by atoms with Gasteiger partial charge in [-0.1, -0.05) is 12.1 Å². The van der Waals surface area contributed by atoms with Crippen molar-refractivity contribution in [2.45, 2.75) is 18.0 Å². The minimum Gasteiger partial charge on any atom is -0.267 e. The van der Waals surface area contributed by atoms with Gasteiger partial charge in [0.05, 0.1) is 16.7 Å². The van der Waals surface area contributed by atoms with E-state index in [9.17, 15) is 26.4 Å². The lowest BCUT2D eigenvalue weighted by Gasteiger charge is -2.10. The summed E-state index contributed by atoms with van der Waals surface area (Å²) in [5.74, 6) is -0.564. The molecule has 0 unspecified atom stereocenters. The maximum absolute atomic E-state index is 12.9. The molecule has 2 aromatic heterocycles. The van der Waals surface area contributed by atoms with Crippen LogP contribution in [0.1, 0.15) is 12.5 Å². The van der Waals surface area contributed by atoms with Gasteiger partial charge in [-0.05, 0) is 30.3 Å². The molecule has 0 radical (unpaired) electrons. The fourth-order valence-corrected chi connectivity index (χ4v) is 3.31. The number of halogens is 3. The second kappa shape index (κ2) is 6.16. The Labute approximate surface area is 145 Å². The highest BCUT2D eigenvalue weighted by atomic mass is 32.2. The normalized spacial score (nSPS) is 12.5. The van der Waals surface area contributed by atoms with Crippen molar-refractivity contribution in [3.63, 3.8) is 0 Å². The number of rotatable bonds is 3. The van der Waals surface area contributed by atoms with Gasteiger partial charge < -0.3 is 0 Å². The average Bonchev–Trinajstić information content (AvgIpc) is 2.61. The summed E-state index contributed by atoms with van der Waals surface area (Å²) in [6.07, 6.45) is -3.40. The maximum Gasteiger partial charge on any atom is 0.416 e. The zero-order valence-corrected chi connectivity index (χ0v) is 14.0. The monoisotopic (exact) mass is 384 g/mol. The summed E-state index contributed by atoms with van der Waals surface area (Å²) in [7, 11) is -3.75. The summed E-state index contributed by atoms with van der Waals surface area (Å²) in [6.45, 7) is 1.41. The first-order valence-electron chi connectivity index (χ1n) is 7.30. The average molecular weight is 384 g/mol. The van der Waals surface area contributed by atoms with E-state index in [-0.39, 0.29) is 27.4 Å². The van der Waals surface area contributed by atoms with E-state index in [1.54, 1.807) is 0 Å². The first-order chi connectivity index (χ1) is 12.1. The fraction of sp³-hybridized carbons (Fsp3) is 0.200. The molecular weight excluding hydrogens is 373 g/mol. The maximum atomic E-state index is 12.9. The topological polar surface area (TPSA) is 94.8 Å². The zero-order valence-electron chi connectivity index (χ0n) is 13.2. The summed E-state index contributed by atoms with van der Waals surface area (Å²) in [5.41, 5.74) is -2.02. The largest absolute Gasteiger partial charge is 0.416 e. The van der Waals surface area contributed by atoms with Gasteiger partial charge in [-0.2, -0.15) is 17.9 Å². The van der Waals surface area contributed by atoms with Gasteiger partial charge in [0.15, 0.2) is 15.7 Å². The van der Waals surface area contributed by atoms with Crippen molar-refractivity contribution in [1.29, 1.82) is 0 Å². The van der Waals surface area contributed by atoms with Crippen LogP contribution in [0, 0.1) is 0 Å². The Morgan fingerprint density at radius 1 is 1.19 bits per heavy atom. The van der Waals surface area contributed by atoms with Crippen molar-refractivity contribution in [3.8, 4) is 5.82 Å². The summed E-state index contributed by atoms with van der Waals surface area (Å²) < 4.78 is 63.7. The molecule has 0 saturated carbocycles. The first kappa shape index (κ1) is 18.0. The Bertz CT molecular complexity index is 1160. The number of hydrogen-bond acceptors (Lipinski definition) is 6. The number of benzene rings is 1. The van der Waals surface area contributed by atoms with Crippen LogP contribution in [0.5, 0.6) is 0 Å². The molecule has 1 aromatic carbocycles. The highest BCUT2D eigenvalue weighted by Crippen LogP contribution is 2.30. The van der Waals surface area contributed by atoms with E-state index < -0.39 is 27.1 Å². The molecule has 2 heterocycles. The molecule has 7 nitrogen and oxygen atoms in total. The fourth-order valence-electron chi connectivity index (χ4n) is 2.30. The number of pyridine rings is 1. The van der Waals surface area contributed by atoms with Gasteiger partial charge in [0.2, 0.25) is 0 Å². The highest BCUT2D eigenvalue weighted by Gasteiger charge is 2.31. The van der Waals surface area contributed by atoms with Crippen LogP contribution >= 0.6 is 0 Å². The molecule has 0 aliphatic carbocycles. The van der Waals surface area contributed by atoms with Crippen molar-refractivity contribution in [1.82, 2.24) is 20.0 Å². The molecule has 0 N–H and O–H groups in total. The number of nitrogens with zero attached hydrogens (tertiary/aromatic N) is 4. The van der Waals surface area contributed by atoms with Crippen molar-refractivity contribution < 1.29 is 21.6 Å². The summed E-state index contributed by atoms with van der Waals surface area (Å²) in [4.78, 5) is 16.2. The predicted octanol–water partition coefficient (Wildman–Crippen LogP) is 1.99. The summed E-state index contributed by atoms with van der Waals surface area (Å²) >= 11 is 0. The van der Waals surface area contributed by atoms with Crippen molar-refractivity contribution in [2.24, 2.45) is 0 Å². The zero-order chi connectivity index (χ0) is 19.1. The lowest BCUT2D eigenvalue weighted by Crippen LogP contribution is -2.26. The van der Waals surface area contributed by atoms with Crippen molar-refractivity contribution in [2.75, 3.05) is 5.75 Å². The molecule has 0 aliphatic rings. The van der Waals surface area contributed by atoms with E-state index in [0.717, 1.165) is 12.1 Å². The van der Waals surface area contributed by atoms with Gasteiger partial charge in [-0.15, -0.1) is 5.10 Å². The van der Waals surface area contributed by atoms with Crippen LogP contribution in [-0.4, -0.2) is 34.1 Å². The molecule has 0 bridgehead atoms. The number of aromatic nitrogens is 4. The Kier molecular flexibility index (Phi) is 4.26. The minimum absolute atomic E-state index is 0.0462. The number of hydrogen-bond donors (Lipinski definition) is 0.